The molecule has 0 aromatic rings. The molecule has 0 unspecified atom stereocenters. The number of allylic oxidation sites excluding steroid dienone is 1. The van der Waals surface area contributed by atoms with Gasteiger partial charge in [-0.1, -0.05) is 83.3 Å². The van der Waals surface area contributed by atoms with Gasteiger partial charge >= 0.3 is 0 Å². The van der Waals surface area contributed by atoms with Crippen LogP contribution in [0.4, 0.5) is 0 Å². The molecule has 0 aliphatic heterocycles. The van der Waals surface area contributed by atoms with Crippen LogP contribution in [0.15, 0.2) is 12.2 Å². The molecule has 0 aromatic carbocycles. The lowest BCUT2D eigenvalue weighted by molar-refractivity contribution is 0.342. The van der Waals surface area contributed by atoms with Gasteiger partial charge in [0.25, 0.3) is 0 Å². The summed E-state index contributed by atoms with van der Waals surface area (Å²) in [5, 5.41) is 8.56. The van der Waals surface area contributed by atoms with E-state index in [1.54, 1.807) is 0 Å². The lowest BCUT2D eigenvalue weighted by atomic mass is 10.1. The molecule has 0 saturated carbocycles. The van der Waals surface area contributed by atoms with Gasteiger partial charge in [-0.05, 0) is 12.8 Å². The number of hydrogen-bond donors (Lipinski definition) is 1. The number of hydrogen-bond acceptors (Lipinski definition) is 1. The Kier molecular flexibility index (Phi) is 15.4. The topological polar surface area (TPSA) is 20.2 Å². The number of aliphatic hydroxyl groups excluding tert-OH is 1. The van der Waals surface area contributed by atoms with Gasteiger partial charge in [-0.15, -0.1) is 0 Å². The summed E-state index contributed by atoms with van der Waals surface area (Å²) >= 11 is 0. The second-order valence-electron chi connectivity index (χ2n) is 4.98. The van der Waals surface area contributed by atoms with Crippen molar-refractivity contribution in [2.24, 2.45) is 0 Å². The zero-order valence-corrected chi connectivity index (χ0v) is 11.8. The maximum absolute atomic E-state index is 8.56. The van der Waals surface area contributed by atoms with Crippen LogP contribution < -0.4 is 0 Å². The van der Waals surface area contributed by atoms with Crippen LogP contribution in [0.25, 0.3) is 0 Å². The van der Waals surface area contributed by atoms with E-state index in [-0.39, 0.29) is 6.61 Å². The molecule has 0 amide bonds. The molecule has 102 valence electrons. The minimum Gasteiger partial charge on any atom is -0.392 e. The van der Waals surface area contributed by atoms with E-state index in [1.807, 2.05) is 6.08 Å². The van der Waals surface area contributed by atoms with Gasteiger partial charge in [0.1, 0.15) is 0 Å². The smallest absolute Gasteiger partial charge is 0.0612 e. The molecule has 0 bridgehead atoms. The first-order chi connectivity index (χ1) is 8.41. The Morgan fingerprint density at radius 1 is 0.647 bits per heavy atom. The SMILES string of the molecule is CCCCCCCCCCCCC/C=C/CO. The molecule has 0 rings (SSSR count). The number of aliphatic hydroxyl groups is 1. The predicted molar refractivity (Wildman–Crippen MR) is 77.3 cm³/mol. The maximum Gasteiger partial charge on any atom is 0.0612 e. The van der Waals surface area contributed by atoms with E-state index >= 15 is 0 Å². The third kappa shape index (κ3) is 15.7. The summed E-state index contributed by atoms with van der Waals surface area (Å²) in [5.41, 5.74) is 0. The van der Waals surface area contributed by atoms with Crippen LogP contribution in [0.3, 0.4) is 0 Å². The van der Waals surface area contributed by atoms with Crippen molar-refractivity contribution < 1.29 is 5.11 Å². The van der Waals surface area contributed by atoms with Crippen molar-refractivity contribution in [2.45, 2.75) is 84.0 Å². The summed E-state index contributed by atoms with van der Waals surface area (Å²) in [5.74, 6) is 0. The molecule has 0 aliphatic rings. The highest BCUT2D eigenvalue weighted by molar-refractivity contribution is 4.80. The Morgan fingerprint density at radius 2 is 1.12 bits per heavy atom. The van der Waals surface area contributed by atoms with Crippen LogP contribution in [0.2, 0.25) is 0 Å². The standard InChI is InChI=1S/C16H32O/c1-2-3-4-5-6-7-8-9-10-11-12-13-14-15-16-17/h14-15,17H,2-13,16H2,1H3/b15-14+. The highest BCUT2D eigenvalue weighted by Gasteiger charge is 1.92. The number of rotatable bonds is 13. The third-order valence-corrected chi connectivity index (χ3v) is 3.25. The molecule has 0 atom stereocenters. The van der Waals surface area contributed by atoms with Crippen LogP contribution >= 0.6 is 0 Å². The molecule has 1 nitrogen and oxygen atoms in total. The fourth-order valence-electron chi connectivity index (χ4n) is 2.12. The van der Waals surface area contributed by atoms with E-state index in [0.717, 1.165) is 6.42 Å². The molecule has 1 heteroatoms. The summed E-state index contributed by atoms with van der Waals surface area (Å²) < 4.78 is 0. The minimum atomic E-state index is 0.192. The van der Waals surface area contributed by atoms with Crippen LogP contribution in [0.1, 0.15) is 84.0 Å². The van der Waals surface area contributed by atoms with Crippen LogP contribution in [0.5, 0.6) is 0 Å². The molecular formula is C16H32O. The second-order valence-corrected chi connectivity index (χ2v) is 4.98. The highest BCUT2D eigenvalue weighted by Crippen LogP contribution is 2.11. The van der Waals surface area contributed by atoms with Gasteiger partial charge in [-0.25, -0.2) is 0 Å². The first kappa shape index (κ1) is 16.7. The van der Waals surface area contributed by atoms with Crippen LogP contribution in [-0.4, -0.2) is 11.7 Å². The van der Waals surface area contributed by atoms with E-state index in [2.05, 4.69) is 13.0 Å². The van der Waals surface area contributed by atoms with E-state index in [0.29, 0.717) is 0 Å². The maximum atomic E-state index is 8.56. The molecule has 0 fully saturated rings. The molecule has 0 spiro atoms. The summed E-state index contributed by atoms with van der Waals surface area (Å²) in [4.78, 5) is 0. The molecular weight excluding hydrogens is 208 g/mol. The first-order valence-corrected chi connectivity index (χ1v) is 7.67. The van der Waals surface area contributed by atoms with Gasteiger partial charge < -0.3 is 5.11 Å². The summed E-state index contributed by atoms with van der Waals surface area (Å²) in [6.07, 6.45) is 20.5. The highest BCUT2D eigenvalue weighted by atomic mass is 16.2. The Labute approximate surface area is 108 Å². The van der Waals surface area contributed by atoms with Crippen molar-refractivity contribution in [1.29, 1.82) is 0 Å². The second kappa shape index (κ2) is 15.7. The monoisotopic (exact) mass is 240 g/mol. The lowest BCUT2D eigenvalue weighted by Gasteiger charge is -2.01. The average molecular weight is 240 g/mol. The molecule has 0 aromatic heterocycles. The molecule has 0 heterocycles. The number of unbranched alkanes of at least 4 members (excludes halogenated alkanes) is 11. The normalized spacial score (nSPS) is 11.4. The fraction of sp³-hybridized carbons (Fsp3) is 0.875. The van der Waals surface area contributed by atoms with Gasteiger partial charge in [-0.2, -0.15) is 0 Å². The van der Waals surface area contributed by atoms with Crippen molar-refractivity contribution in [3.8, 4) is 0 Å². The Bertz CT molecular complexity index is 152. The molecule has 0 saturated heterocycles. The van der Waals surface area contributed by atoms with E-state index in [9.17, 15) is 0 Å². The van der Waals surface area contributed by atoms with Crippen molar-refractivity contribution in [3.05, 3.63) is 12.2 Å². The predicted octanol–water partition coefficient (Wildman–Crippen LogP) is 5.24. The van der Waals surface area contributed by atoms with Gasteiger partial charge in [-0.3, -0.25) is 0 Å². The molecule has 17 heavy (non-hydrogen) atoms. The lowest BCUT2D eigenvalue weighted by Crippen LogP contribution is -1.82. The summed E-state index contributed by atoms with van der Waals surface area (Å²) in [7, 11) is 0. The average Bonchev–Trinajstić information content (AvgIpc) is 2.35. The largest absolute Gasteiger partial charge is 0.392 e. The summed E-state index contributed by atoms with van der Waals surface area (Å²) in [6, 6.07) is 0. The molecule has 1 N–H and O–H groups in total. The van der Waals surface area contributed by atoms with Crippen LogP contribution in [0, 0.1) is 0 Å². The zero-order chi connectivity index (χ0) is 12.6. The van der Waals surface area contributed by atoms with Crippen molar-refractivity contribution in [3.63, 3.8) is 0 Å². The molecule has 0 radical (unpaired) electrons. The van der Waals surface area contributed by atoms with E-state index in [1.165, 1.54) is 70.6 Å². The fourth-order valence-corrected chi connectivity index (χ4v) is 2.12. The van der Waals surface area contributed by atoms with Gasteiger partial charge in [0.05, 0.1) is 6.61 Å². The van der Waals surface area contributed by atoms with Crippen molar-refractivity contribution >= 4 is 0 Å². The Hall–Kier alpha value is -0.300. The van der Waals surface area contributed by atoms with Crippen molar-refractivity contribution in [2.75, 3.05) is 6.61 Å². The Balaban J connectivity index is 2.91. The molecule has 0 aliphatic carbocycles. The van der Waals surface area contributed by atoms with Crippen molar-refractivity contribution in [1.82, 2.24) is 0 Å². The minimum absolute atomic E-state index is 0.192. The first-order valence-electron chi connectivity index (χ1n) is 7.67. The summed E-state index contributed by atoms with van der Waals surface area (Å²) in [6.45, 7) is 2.47. The van der Waals surface area contributed by atoms with Gasteiger partial charge in [0, 0.05) is 0 Å². The van der Waals surface area contributed by atoms with E-state index in [4.69, 9.17) is 5.11 Å². The van der Waals surface area contributed by atoms with Gasteiger partial charge in [0.15, 0.2) is 0 Å². The van der Waals surface area contributed by atoms with E-state index < -0.39 is 0 Å². The van der Waals surface area contributed by atoms with Gasteiger partial charge in [0.2, 0.25) is 0 Å². The quantitative estimate of drug-likeness (QED) is 0.345. The Morgan fingerprint density at radius 3 is 1.59 bits per heavy atom. The third-order valence-electron chi connectivity index (χ3n) is 3.25. The zero-order valence-electron chi connectivity index (χ0n) is 11.8. The van der Waals surface area contributed by atoms with Crippen LogP contribution in [-0.2, 0) is 0 Å².